The van der Waals surface area contributed by atoms with Crippen molar-refractivity contribution in [3.63, 3.8) is 0 Å². The third kappa shape index (κ3) is 2.94. The first kappa shape index (κ1) is 15.6. The first-order chi connectivity index (χ1) is 11.0. The quantitative estimate of drug-likeness (QED) is 0.523. The van der Waals surface area contributed by atoms with E-state index in [0.717, 1.165) is 0 Å². The van der Waals surface area contributed by atoms with Crippen molar-refractivity contribution in [1.82, 2.24) is 0 Å². The van der Waals surface area contributed by atoms with E-state index in [1.807, 2.05) is 0 Å². The summed E-state index contributed by atoms with van der Waals surface area (Å²) in [4.78, 5) is 0. The monoisotopic (exact) mass is 300 g/mol. The first-order valence-electron chi connectivity index (χ1n) is 8.21. The molecule has 0 N–H and O–H groups in total. The van der Waals surface area contributed by atoms with Gasteiger partial charge in [0.05, 0.1) is 0 Å². The van der Waals surface area contributed by atoms with Crippen LogP contribution in [0.15, 0.2) is 72.8 Å². The summed E-state index contributed by atoms with van der Waals surface area (Å²) in [5, 5.41) is 0. The highest BCUT2D eigenvalue weighted by atomic mass is 14.3. The minimum Gasteiger partial charge on any atom is -0.0617 e. The van der Waals surface area contributed by atoms with Gasteiger partial charge in [-0.05, 0) is 44.4 Å². The van der Waals surface area contributed by atoms with Gasteiger partial charge in [0.1, 0.15) is 0 Å². The lowest BCUT2D eigenvalue weighted by Crippen LogP contribution is -2.25. The fourth-order valence-electron chi connectivity index (χ4n) is 3.23. The molecule has 0 heterocycles. The lowest BCUT2D eigenvalue weighted by molar-refractivity contribution is 0.691. The number of hydrogen-bond donors (Lipinski definition) is 0. The van der Waals surface area contributed by atoms with Crippen molar-refractivity contribution in [1.29, 1.82) is 0 Å². The smallest absolute Gasteiger partial charge is 0.0423 e. The van der Waals surface area contributed by atoms with Gasteiger partial charge in [0, 0.05) is 5.41 Å². The van der Waals surface area contributed by atoms with Crippen LogP contribution in [-0.4, -0.2) is 0 Å². The molecule has 0 fully saturated rings. The van der Waals surface area contributed by atoms with E-state index in [9.17, 15) is 0 Å². The first-order valence-corrected chi connectivity index (χ1v) is 8.21. The summed E-state index contributed by atoms with van der Waals surface area (Å²) < 4.78 is 0. The summed E-state index contributed by atoms with van der Waals surface area (Å²) >= 11 is 0. The van der Waals surface area contributed by atoms with Crippen LogP contribution in [0.4, 0.5) is 0 Å². The van der Waals surface area contributed by atoms with E-state index in [0.29, 0.717) is 0 Å². The van der Waals surface area contributed by atoms with Gasteiger partial charge in [0.2, 0.25) is 0 Å². The Morgan fingerprint density at radius 3 is 1.43 bits per heavy atom. The Kier molecular flexibility index (Phi) is 4.09. The highest BCUT2D eigenvalue weighted by Gasteiger charge is 2.31. The Balaban J connectivity index is 2.24. The Bertz CT molecular complexity index is 747. The maximum atomic E-state index is 2.33. The zero-order valence-electron chi connectivity index (χ0n) is 14.4. The molecular formula is C23H24. The van der Waals surface area contributed by atoms with E-state index in [1.165, 1.54) is 33.4 Å². The van der Waals surface area contributed by atoms with Crippen LogP contribution in [0.5, 0.6) is 0 Å². The normalized spacial score (nSPS) is 11.5. The van der Waals surface area contributed by atoms with Crippen LogP contribution < -0.4 is 0 Å². The van der Waals surface area contributed by atoms with E-state index >= 15 is 0 Å². The summed E-state index contributed by atoms with van der Waals surface area (Å²) in [6.45, 7) is 8.77. The molecule has 0 heteroatoms. The molecule has 0 amide bonds. The average Bonchev–Trinajstić information content (AvgIpc) is 2.55. The number of aryl methyl sites for hydroxylation is 3. The van der Waals surface area contributed by atoms with Crippen molar-refractivity contribution in [3.05, 3.63) is 106 Å². The minimum absolute atomic E-state index is 0.145. The molecule has 3 rings (SSSR count). The van der Waals surface area contributed by atoms with Crippen LogP contribution in [-0.2, 0) is 5.41 Å². The van der Waals surface area contributed by atoms with Gasteiger partial charge in [-0.1, -0.05) is 89.5 Å². The van der Waals surface area contributed by atoms with Crippen LogP contribution in [0.2, 0.25) is 0 Å². The molecule has 0 unspecified atom stereocenters. The standard InChI is InChI=1S/C23H24/c1-17-8-12-20(13-9-17)23(4,21-14-10-18(2)11-15-21)22-7-5-6-19(3)16-22/h5-16H,1-4H3. The summed E-state index contributed by atoms with van der Waals surface area (Å²) in [6.07, 6.45) is 0. The van der Waals surface area contributed by atoms with Gasteiger partial charge in [0.25, 0.3) is 0 Å². The van der Waals surface area contributed by atoms with Gasteiger partial charge in [-0.15, -0.1) is 0 Å². The fraction of sp³-hybridized carbons (Fsp3) is 0.217. The molecule has 0 bridgehead atoms. The molecule has 116 valence electrons. The van der Waals surface area contributed by atoms with E-state index in [-0.39, 0.29) is 5.41 Å². The molecule has 0 aliphatic heterocycles. The molecule has 0 aromatic heterocycles. The summed E-state index contributed by atoms with van der Waals surface area (Å²) in [6, 6.07) is 26.7. The van der Waals surface area contributed by atoms with Crippen molar-refractivity contribution in [2.75, 3.05) is 0 Å². The number of hydrogen-bond acceptors (Lipinski definition) is 0. The predicted molar refractivity (Wildman–Crippen MR) is 99.1 cm³/mol. The zero-order chi connectivity index (χ0) is 16.4. The topological polar surface area (TPSA) is 0 Å². The van der Waals surface area contributed by atoms with Crippen LogP contribution in [0.3, 0.4) is 0 Å². The molecule has 0 aliphatic carbocycles. The maximum Gasteiger partial charge on any atom is 0.0423 e. The molecule has 0 atom stereocenters. The van der Waals surface area contributed by atoms with E-state index in [2.05, 4.69) is 100 Å². The number of benzene rings is 3. The number of rotatable bonds is 3. The van der Waals surface area contributed by atoms with Gasteiger partial charge in [0.15, 0.2) is 0 Å². The third-order valence-corrected chi connectivity index (χ3v) is 4.85. The molecule has 0 saturated carbocycles. The SMILES string of the molecule is Cc1ccc(C(C)(c2ccc(C)cc2)c2cccc(C)c2)cc1. The second-order valence-electron chi connectivity index (χ2n) is 6.73. The lowest BCUT2D eigenvalue weighted by atomic mass is 9.70. The molecule has 23 heavy (non-hydrogen) atoms. The second-order valence-corrected chi connectivity index (χ2v) is 6.73. The van der Waals surface area contributed by atoms with Gasteiger partial charge in [-0.2, -0.15) is 0 Å². The summed E-state index contributed by atoms with van der Waals surface area (Å²) in [5.74, 6) is 0. The zero-order valence-corrected chi connectivity index (χ0v) is 14.4. The van der Waals surface area contributed by atoms with Crippen LogP contribution in [0, 0.1) is 20.8 Å². The Morgan fingerprint density at radius 1 is 0.522 bits per heavy atom. The van der Waals surface area contributed by atoms with E-state index < -0.39 is 0 Å². The Labute approximate surface area is 139 Å². The fourth-order valence-corrected chi connectivity index (χ4v) is 3.23. The molecule has 0 radical (unpaired) electrons. The van der Waals surface area contributed by atoms with Crippen molar-refractivity contribution in [2.24, 2.45) is 0 Å². The van der Waals surface area contributed by atoms with E-state index in [4.69, 9.17) is 0 Å². The molecule has 0 saturated heterocycles. The Morgan fingerprint density at radius 2 is 1.00 bits per heavy atom. The third-order valence-electron chi connectivity index (χ3n) is 4.85. The van der Waals surface area contributed by atoms with Crippen LogP contribution >= 0.6 is 0 Å². The summed E-state index contributed by atoms with van der Waals surface area (Å²) in [7, 11) is 0. The molecule has 3 aromatic rings. The molecule has 0 spiro atoms. The summed E-state index contributed by atoms with van der Waals surface area (Å²) in [5.41, 5.74) is 7.75. The van der Waals surface area contributed by atoms with Gasteiger partial charge in [-0.25, -0.2) is 0 Å². The predicted octanol–water partition coefficient (Wildman–Crippen LogP) is 5.97. The van der Waals surface area contributed by atoms with Crippen molar-refractivity contribution in [2.45, 2.75) is 33.1 Å². The van der Waals surface area contributed by atoms with Crippen molar-refractivity contribution >= 4 is 0 Å². The van der Waals surface area contributed by atoms with Gasteiger partial charge >= 0.3 is 0 Å². The molecule has 0 nitrogen and oxygen atoms in total. The van der Waals surface area contributed by atoms with Crippen molar-refractivity contribution < 1.29 is 0 Å². The van der Waals surface area contributed by atoms with Crippen LogP contribution in [0.25, 0.3) is 0 Å². The second kappa shape index (κ2) is 6.04. The largest absolute Gasteiger partial charge is 0.0617 e. The minimum atomic E-state index is -0.145. The van der Waals surface area contributed by atoms with Crippen molar-refractivity contribution in [3.8, 4) is 0 Å². The average molecular weight is 300 g/mol. The maximum absolute atomic E-state index is 2.33. The molecule has 3 aromatic carbocycles. The Hall–Kier alpha value is -2.34. The molecular weight excluding hydrogens is 276 g/mol. The molecule has 0 aliphatic rings. The highest BCUT2D eigenvalue weighted by molar-refractivity contribution is 5.50. The highest BCUT2D eigenvalue weighted by Crippen LogP contribution is 2.39. The lowest BCUT2D eigenvalue weighted by Gasteiger charge is -2.32. The van der Waals surface area contributed by atoms with Gasteiger partial charge < -0.3 is 0 Å². The van der Waals surface area contributed by atoms with E-state index in [1.54, 1.807) is 0 Å². The van der Waals surface area contributed by atoms with Gasteiger partial charge in [-0.3, -0.25) is 0 Å². The van der Waals surface area contributed by atoms with Crippen LogP contribution in [0.1, 0.15) is 40.3 Å².